The van der Waals surface area contributed by atoms with Crippen molar-refractivity contribution in [2.45, 2.75) is 64.4 Å². The van der Waals surface area contributed by atoms with Crippen molar-refractivity contribution in [3.63, 3.8) is 0 Å². The van der Waals surface area contributed by atoms with Crippen molar-refractivity contribution < 1.29 is 5.11 Å². The Morgan fingerprint density at radius 3 is 2.79 bits per heavy atom. The minimum Gasteiger partial charge on any atom is -0.385 e. The molecular formula is C17H25ClO. The van der Waals surface area contributed by atoms with Gasteiger partial charge < -0.3 is 5.11 Å². The fourth-order valence-corrected chi connectivity index (χ4v) is 3.44. The van der Waals surface area contributed by atoms with Gasteiger partial charge in [0.2, 0.25) is 0 Å². The van der Waals surface area contributed by atoms with Gasteiger partial charge in [-0.25, -0.2) is 0 Å². The summed E-state index contributed by atoms with van der Waals surface area (Å²) >= 11 is 6.20. The minimum atomic E-state index is -0.667. The Balaban J connectivity index is 2.15. The Kier molecular flexibility index (Phi) is 4.92. The fraction of sp³-hybridized carbons (Fsp3) is 0.647. The van der Waals surface area contributed by atoms with Crippen LogP contribution in [0.4, 0.5) is 0 Å². The van der Waals surface area contributed by atoms with Gasteiger partial charge in [-0.15, -0.1) is 0 Å². The van der Waals surface area contributed by atoms with Crippen molar-refractivity contribution in [2.75, 3.05) is 0 Å². The summed E-state index contributed by atoms with van der Waals surface area (Å²) in [7, 11) is 0. The van der Waals surface area contributed by atoms with E-state index in [0.717, 1.165) is 47.8 Å². The van der Waals surface area contributed by atoms with Gasteiger partial charge in [0.05, 0.1) is 5.60 Å². The van der Waals surface area contributed by atoms with E-state index in [-0.39, 0.29) is 0 Å². The van der Waals surface area contributed by atoms with Gasteiger partial charge in [0.15, 0.2) is 0 Å². The van der Waals surface area contributed by atoms with Crippen molar-refractivity contribution in [2.24, 2.45) is 5.92 Å². The van der Waals surface area contributed by atoms with Gasteiger partial charge in [-0.3, -0.25) is 0 Å². The normalized spacial score (nSPS) is 28.1. The molecule has 2 heteroatoms. The molecule has 1 aliphatic rings. The molecule has 0 amide bonds. The molecule has 2 atom stereocenters. The van der Waals surface area contributed by atoms with Crippen LogP contribution in [0.2, 0.25) is 5.02 Å². The van der Waals surface area contributed by atoms with Crippen LogP contribution >= 0.6 is 11.6 Å². The SMILES string of the molecule is CCCC1CCCC(O)(c2ccc(C)c(Cl)c2)CC1. The zero-order valence-electron chi connectivity index (χ0n) is 12.1. The summed E-state index contributed by atoms with van der Waals surface area (Å²) in [6.45, 7) is 4.25. The van der Waals surface area contributed by atoms with E-state index in [9.17, 15) is 5.11 Å². The van der Waals surface area contributed by atoms with Gasteiger partial charge in [0.25, 0.3) is 0 Å². The zero-order chi connectivity index (χ0) is 13.9. The summed E-state index contributed by atoms with van der Waals surface area (Å²) in [6, 6.07) is 6.02. The first-order chi connectivity index (χ1) is 9.05. The van der Waals surface area contributed by atoms with Crippen molar-refractivity contribution in [1.82, 2.24) is 0 Å². The van der Waals surface area contributed by atoms with E-state index in [1.807, 2.05) is 25.1 Å². The summed E-state index contributed by atoms with van der Waals surface area (Å²) in [5, 5.41) is 11.7. The minimum absolute atomic E-state index is 0.667. The average Bonchev–Trinajstić information content (AvgIpc) is 2.57. The smallest absolute Gasteiger partial charge is 0.0897 e. The highest BCUT2D eigenvalue weighted by atomic mass is 35.5. The summed E-state index contributed by atoms with van der Waals surface area (Å²) < 4.78 is 0. The van der Waals surface area contributed by atoms with Crippen molar-refractivity contribution in [3.05, 3.63) is 34.3 Å². The molecule has 0 bridgehead atoms. The Morgan fingerprint density at radius 1 is 1.32 bits per heavy atom. The highest BCUT2D eigenvalue weighted by Gasteiger charge is 2.32. The van der Waals surface area contributed by atoms with Crippen LogP contribution in [0.5, 0.6) is 0 Å². The Morgan fingerprint density at radius 2 is 2.11 bits per heavy atom. The maximum atomic E-state index is 11.0. The highest BCUT2D eigenvalue weighted by Crippen LogP contribution is 2.39. The summed E-state index contributed by atoms with van der Waals surface area (Å²) in [5.74, 6) is 0.792. The van der Waals surface area contributed by atoms with Crippen LogP contribution in [0, 0.1) is 12.8 Å². The van der Waals surface area contributed by atoms with Crippen LogP contribution in [0.1, 0.15) is 63.0 Å². The van der Waals surface area contributed by atoms with E-state index >= 15 is 0 Å². The third kappa shape index (κ3) is 3.52. The molecule has 0 saturated heterocycles. The lowest BCUT2D eigenvalue weighted by atomic mass is 9.85. The number of aliphatic hydroxyl groups is 1. The van der Waals surface area contributed by atoms with Crippen LogP contribution in [0.15, 0.2) is 18.2 Å². The van der Waals surface area contributed by atoms with Crippen molar-refractivity contribution >= 4 is 11.6 Å². The second-order valence-corrected chi connectivity index (χ2v) is 6.49. The number of benzene rings is 1. The first-order valence-corrected chi connectivity index (χ1v) is 7.92. The van der Waals surface area contributed by atoms with E-state index < -0.39 is 5.60 Å². The number of halogens is 1. The van der Waals surface area contributed by atoms with Crippen LogP contribution in [-0.4, -0.2) is 5.11 Å². The lowest BCUT2D eigenvalue weighted by Crippen LogP contribution is -2.24. The predicted molar refractivity (Wildman–Crippen MR) is 81.6 cm³/mol. The summed E-state index contributed by atoms with van der Waals surface area (Å²) in [6.07, 6.45) is 7.80. The van der Waals surface area contributed by atoms with Gasteiger partial charge in [-0.1, -0.05) is 49.9 Å². The molecule has 1 N–H and O–H groups in total. The van der Waals surface area contributed by atoms with Crippen molar-refractivity contribution in [3.8, 4) is 0 Å². The molecule has 2 rings (SSSR count). The average molecular weight is 281 g/mol. The molecular weight excluding hydrogens is 256 g/mol. The second-order valence-electron chi connectivity index (χ2n) is 6.08. The maximum absolute atomic E-state index is 11.0. The number of rotatable bonds is 3. The molecule has 1 saturated carbocycles. The monoisotopic (exact) mass is 280 g/mol. The molecule has 0 heterocycles. The Labute approximate surface area is 122 Å². The van der Waals surface area contributed by atoms with Gasteiger partial charge in [0, 0.05) is 5.02 Å². The molecule has 0 aromatic heterocycles. The van der Waals surface area contributed by atoms with Gasteiger partial charge >= 0.3 is 0 Å². The van der Waals surface area contributed by atoms with E-state index in [1.165, 1.54) is 19.3 Å². The van der Waals surface area contributed by atoms with Crippen LogP contribution in [0.3, 0.4) is 0 Å². The molecule has 1 aliphatic carbocycles. The molecule has 0 radical (unpaired) electrons. The van der Waals surface area contributed by atoms with Gasteiger partial charge in [0.1, 0.15) is 0 Å². The molecule has 1 aromatic rings. The molecule has 106 valence electrons. The quantitative estimate of drug-likeness (QED) is 0.753. The third-order valence-electron chi connectivity index (χ3n) is 4.57. The lowest BCUT2D eigenvalue weighted by molar-refractivity contribution is 0.0195. The topological polar surface area (TPSA) is 20.2 Å². The largest absolute Gasteiger partial charge is 0.385 e. The predicted octanol–water partition coefficient (Wildman–Crippen LogP) is 5.22. The molecule has 2 unspecified atom stereocenters. The van der Waals surface area contributed by atoms with Gasteiger partial charge in [-0.2, -0.15) is 0 Å². The Bertz CT molecular complexity index is 429. The summed E-state index contributed by atoms with van der Waals surface area (Å²) in [5.41, 5.74) is 1.41. The van der Waals surface area contributed by atoms with E-state index in [4.69, 9.17) is 11.6 Å². The number of hydrogen-bond donors (Lipinski definition) is 1. The van der Waals surface area contributed by atoms with Crippen LogP contribution in [0.25, 0.3) is 0 Å². The van der Waals surface area contributed by atoms with Gasteiger partial charge in [-0.05, 0) is 55.7 Å². The zero-order valence-corrected chi connectivity index (χ0v) is 12.8. The van der Waals surface area contributed by atoms with E-state index in [2.05, 4.69) is 6.92 Å². The molecule has 19 heavy (non-hydrogen) atoms. The third-order valence-corrected chi connectivity index (χ3v) is 4.98. The highest BCUT2D eigenvalue weighted by molar-refractivity contribution is 6.31. The maximum Gasteiger partial charge on any atom is 0.0897 e. The number of hydrogen-bond acceptors (Lipinski definition) is 1. The Hall–Kier alpha value is -0.530. The lowest BCUT2D eigenvalue weighted by Gasteiger charge is -2.28. The second kappa shape index (κ2) is 6.28. The molecule has 1 aromatic carbocycles. The van der Waals surface area contributed by atoms with Crippen LogP contribution < -0.4 is 0 Å². The summed E-state index contributed by atoms with van der Waals surface area (Å²) in [4.78, 5) is 0. The van der Waals surface area contributed by atoms with E-state index in [0.29, 0.717) is 0 Å². The fourth-order valence-electron chi connectivity index (χ4n) is 3.26. The van der Waals surface area contributed by atoms with E-state index in [1.54, 1.807) is 0 Å². The molecule has 1 nitrogen and oxygen atoms in total. The number of aryl methyl sites for hydroxylation is 1. The molecule has 0 aliphatic heterocycles. The molecule has 1 fully saturated rings. The standard InChI is InChI=1S/C17H25ClO/c1-3-5-14-6-4-10-17(19,11-9-14)15-8-7-13(2)16(18)12-15/h7-8,12,14,19H,3-6,9-11H2,1-2H3. The van der Waals surface area contributed by atoms with Crippen molar-refractivity contribution in [1.29, 1.82) is 0 Å². The molecule has 0 spiro atoms. The van der Waals surface area contributed by atoms with Crippen LogP contribution in [-0.2, 0) is 5.60 Å². The first kappa shape index (κ1) is 14.9. The first-order valence-electron chi connectivity index (χ1n) is 7.54.